The van der Waals surface area contributed by atoms with E-state index in [9.17, 15) is 26.4 Å². The van der Waals surface area contributed by atoms with Gasteiger partial charge >= 0.3 is 18.2 Å². The van der Waals surface area contributed by atoms with Crippen molar-refractivity contribution in [2.75, 3.05) is 29.3 Å². The van der Waals surface area contributed by atoms with E-state index in [4.69, 9.17) is 4.74 Å². The summed E-state index contributed by atoms with van der Waals surface area (Å²) in [6.45, 7) is 0. The van der Waals surface area contributed by atoms with Gasteiger partial charge in [-0.05, 0) is 42.0 Å². The van der Waals surface area contributed by atoms with Gasteiger partial charge in [0.2, 0.25) is 0 Å². The maximum atomic E-state index is 13.1. The van der Waals surface area contributed by atoms with Crippen molar-refractivity contribution < 1.29 is 31.1 Å². The Morgan fingerprint density at radius 1 is 0.976 bits per heavy atom. The first-order valence-corrected chi connectivity index (χ1v) is 13.9. The van der Waals surface area contributed by atoms with Crippen molar-refractivity contribution in [3.63, 3.8) is 0 Å². The maximum absolute atomic E-state index is 13.1. The lowest BCUT2D eigenvalue weighted by Gasteiger charge is -2.14. The second kappa shape index (κ2) is 11.0. The van der Waals surface area contributed by atoms with Crippen molar-refractivity contribution in [2.24, 2.45) is 0 Å². The van der Waals surface area contributed by atoms with E-state index in [1.54, 1.807) is 42.2 Å². The van der Waals surface area contributed by atoms with E-state index < -0.39 is 38.2 Å². The van der Waals surface area contributed by atoms with Crippen LogP contribution in [-0.4, -0.2) is 52.3 Å². The molecule has 0 unspecified atom stereocenters. The molecule has 5 rings (SSSR count). The summed E-state index contributed by atoms with van der Waals surface area (Å²) in [5, 5.41) is 11.8. The third kappa shape index (κ3) is 6.22. The molecule has 3 N–H and O–H groups in total. The van der Waals surface area contributed by atoms with Gasteiger partial charge in [-0.25, -0.2) is 32.7 Å². The van der Waals surface area contributed by atoms with Gasteiger partial charge < -0.3 is 20.7 Å². The van der Waals surface area contributed by atoms with Crippen LogP contribution >= 0.6 is 0 Å². The van der Waals surface area contributed by atoms with Crippen LogP contribution in [0.5, 0.6) is 11.8 Å². The Balaban J connectivity index is 1.25. The number of carbonyl (C=O) groups excluding carboxylic acids is 1. The molecule has 2 aromatic carbocycles. The van der Waals surface area contributed by atoms with E-state index in [-0.39, 0.29) is 11.7 Å². The van der Waals surface area contributed by atoms with Crippen molar-refractivity contribution in [2.45, 2.75) is 11.1 Å². The highest BCUT2D eigenvalue weighted by atomic mass is 32.2. The molecule has 0 bridgehead atoms. The number of fused-ring (bicyclic) bond motifs is 1. The number of rotatable bonds is 7. The van der Waals surface area contributed by atoms with Gasteiger partial charge in [0.25, 0.3) is 0 Å². The molecule has 0 spiro atoms. The Morgan fingerprint density at radius 3 is 2.33 bits per heavy atom. The summed E-state index contributed by atoms with van der Waals surface area (Å²) < 4.78 is 70.7. The number of benzene rings is 2. The molecule has 0 aliphatic heterocycles. The van der Waals surface area contributed by atoms with Gasteiger partial charge in [0.15, 0.2) is 15.5 Å². The van der Waals surface area contributed by atoms with Gasteiger partial charge in [0.05, 0.1) is 40.4 Å². The molecular weight excluding hydrogens is 577 g/mol. The minimum absolute atomic E-state index is 0.0396. The number of urea groups is 1. The van der Waals surface area contributed by atoms with Crippen LogP contribution in [0.1, 0.15) is 5.56 Å². The van der Waals surface area contributed by atoms with E-state index in [0.29, 0.717) is 29.3 Å². The molecule has 0 saturated carbocycles. The van der Waals surface area contributed by atoms with Gasteiger partial charge in [-0.3, -0.25) is 0 Å². The van der Waals surface area contributed by atoms with E-state index in [0.717, 1.165) is 23.4 Å². The largest absolute Gasteiger partial charge is 0.424 e. The summed E-state index contributed by atoms with van der Waals surface area (Å²) in [7, 11) is -2.16. The number of anilines is 3. The zero-order chi connectivity index (χ0) is 30.1. The molecule has 216 valence electrons. The summed E-state index contributed by atoms with van der Waals surface area (Å²) in [6, 6.07) is 9.76. The second-order valence-electron chi connectivity index (χ2n) is 8.83. The number of alkyl halides is 3. The molecule has 0 fully saturated rings. The molecule has 12 nitrogen and oxygen atoms in total. The third-order valence-electron chi connectivity index (χ3n) is 5.84. The Hall–Kier alpha value is -5.25. The number of hydrogen-bond donors (Lipinski definition) is 3. The smallest absolute Gasteiger partial charge is 0.416 e. The highest BCUT2D eigenvalue weighted by Crippen LogP contribution is 2.34. The molecule has 5 aromatic rings. The summed E-state index contributed by atoms with van der Waals surface area (Å²) in [5.41, 5.74) is 0.760. The number of nitrogens with one attached hydrogen (secondary N) is 3. The number of nitrogens with zero attached hydrogens (tertiary/aromatic N) is 5. The quantitative estimate of drug-likeness (QED) is 0.233. The highest BCUT2D eigenvalue weighted by Gasteiger charge is 2.32. The molecule has 2 amide bonds. The molecule has 42 heavy (non-hydrogen) atoms. The van der Waals surface area contributed by atoms with Gasteiger partial charge in [-0.1, -0.05) is 12.1 Å². The number of aromatic nitrogens is 5. The fourth-order valence-corrected chi connectivity index (χ4v) is 4.69. The van der Waals surface area contributed by atoms with Crippen molar-refractivity contribution >= 4 is 38.7 Å². The number of hydrogen-bond acceptors (Lipinski definition) is 9. The number of sulfone groups is 1. The second-order valence-corrected chi connectivity index (χ2v) is 10.8. The average molecular weight is 599 g/mol. The first kappa shape index (κ1) is 28.3. The van der Waals surface area contributed by atoms with Crippen LogP contribution in [-0.2, 0) is 16.0 Å². The first-order valence-electron chi connectivity index (χ1n) is 12.0. The zero-order valence-electron chi connectivity index (χ0n) is 21.8. The lowest BCUT2D eigenvalue weighted by atomic mass is 10.1. The van der Waals surface area contributed by atoms with Gasteiger partial charge in [0, 0.05) is 25.1 Å². The predicted molar refractivity (Wildman–Crippen MR) is 147 cm³/mol. The third-order valence-corrected chi connectivity index (χ3v) is 7.00. The standard InChI is InChI=1S/C26H21F3N8O4S/c1-30-22-9-10-37-23(36-22)19(14-33-37)15-3-6-18(7-4-15)41-25-31-12-17(13-32-25)34-24(38)35-20-11-16(26(27,28)29)5-8-21(20)42(2,39)40/h3-14H,1-2H3,(H,30,36)(H2,34,35,38). The van der Waals surface area contributed by atoms with Crippen LogP contribution in [0.15, 0.2) is 78.2 Å². The van der Waals surface area contributed by atoms with Crippen molar-refractivity contribution in [1.82, 2.24) is 24.6 Å². The van der Waals surface area contributed by atoms with Gasteiger partial charge in [-0.15, -0.1) is 0 Å². The molecular formula is C26H21F3N8O4S. The number of ether oxygens (including phenoxy) is 1. The fourth-order valence-electron chi connectivity index (χ4n) is 3.87. The van der Waals surface area contributed by atoms with E-state index in [2.05, 4.69) is 36.0 Å². The van der Waals surface area contributed by atoms with Crippen LogP contribution in [0.4, 0.5) is 35.2 Å². The van der Waals surface area contributed by atoms with Crippen LogP contribution in [0.3, 0.4) is 0 Å². The van der Waals surface area contributed by atoms with Crippen molar-refractivity contribution in [3.8, 4) is 22.9 Å². The Labute approximate surface area is 236 Å². The summed E-state index contributed by atoms with van der Waals surface area (Å²) in [4.78, 5) is 24.5. The highest BCUT2D eigenvalue weighted by molar-refractivity contribution is 7.90. The molecule has 16 heteroatoms. The van der Waals surface area contributed by atoms with Gasteiger partial charge in [-0.2, -0.15) is 18.3 Å². The number of halogens is 3. The molecule has 0 atom stereocenters. The summed E-state index contributed by atoms with van der Waals surface area (Å²) >= 11 is 0. The number of carbonyl (C=O) groups is 1. The van der Waals surface area contributed by atoms with Gasteiger partial charge in [0.1, 0.15) is 11.6 Å². The van der Waals surface area contributed by atoms with Crippen molar-refractivity contribution in [1.29, 1.82) is 0 Å². The molecule has 3 aromatic heterocycles. The van der Waals surface area contributed by atoms with Crippen LogP contribution in [0, 0.1) is 0 Å². The maximum Gasteiger partial charge on any atom is 0.416 e. The minimum Gasteiger partial charge on any atom is -0.424 e. The normalized spacial score (nSPS) is 11.7. The zero-order valence-corrected chi connectivity index (χ0v) is 22.7. The Bertz CT molecular complexity index is 1880. The average Bonchev–Trinajstić information content (AvgIpc) is 3.36. The van der Waals surface area contributed by atoms with E-state index in [1.807, 2.05) is 12.1 Å². The van der Waals surface area contributed by atoms with E-state index >= 15 is 0 Å². The predicted octanol–water partition coefficient (Wildman–Crippen LogP) is 5.09. The summed E-state index contributed by atoms with van der Waals surface area (Å²) in [6.07, 6.45) is 2.00. The number of amides is 2. The lowest BCUT2D eigenvalue weighted by molar-refractivity contribution is -0.137. The lowest BCUT2D eigenvalue weighted by Crippen LogP contribution is -2.21. The van der Waals surface area contributed by atoms with Crippen molar-refractivity contribution in [3.05, 3.63) is 78.9 Å². The fraction of sp³-hybridized carbons (Fsp3) is 0.115. The molecule has 3 heterocycles. The van der Waals surface area contributed by atoms with Crippen LogP contribution < -0.4 is 20.7 Å². The molecule has 0 radical (unpaired) electrons. The SMILES string of the molecule is CNc1ccn2ncc(-c3ccc(Oc4ncc(NC(=O)Nc5cc(C(F)(F)F)ccc5S(C)(=O)=O)cn4)cc3)c2n1. The topological polar surface area (TPSA) is 152 Å². The van der Waals surface area contributed by atoms with Crippen LogP contribution in [0.25, 0.3) is 16.8 Å². The molecule has 0 aliphatic rings. The Morgan fingerprint density at radius 2 is 1.69 bits per heavy atom. The summed E-state index contributed by atoms with van der Waals surface area (Å²) in [5.74, 6) is 1.13. The minimum atomic E-state index is -4.74. The Kier molecular flexibility index (Phi) is 7.38. The van der Waals surface area contributed by atoms with E-state index in [1.165, 1.54) is 12.4 Å². The monoisotopic (exact) mass is 598 g/mol. The molecule has 0 aliphatic carbocycles. The molecule has 0 saturated heterocycles. The first-order chi connectivity index (χ1) is 19.9. The van der Waals surface area contributed by atoms with Crippen LogP contribution in [0.2, 0.25) is 0 Å².